The normalized spacial score (nSPS) is 15.3. The lowest BCUT2D eigenvalue weighted by Gasteiger charge is -2.33. The van der Waals surface area contributed by atoms with E-state index in [1.807, 2.05) is 13.8 Å². The van der Waals surface area contributed by atoms with Gasteiger partial charge in [-0.05, 0) is 39.0 Å². The van der Waals surface area contributed by atoms with E-state index in [1.54, 1.807) is 6.92 Å². The third kappa shape index (κ3) is 7.85. The molecule has 0 spiro atoms. The maximum absolute atomic E-state index is 11.5. The quantitative estimate of drug-likeness (QED) is 0.648. The molecule has 4 nitrogen and oxygen atoms in total. The average Bonchev–Trinajstić information content (AvgIpc) is 2.23. The first-order valence-electron chi connectivity index (χ1n) is 7.80. The third-order valence-corrected chi connectivity index (χ3v) is 3.25. The van der Waals surface area contributed by atoms with Crippen LogP contribution in [-0.2, 0) is 4.79 Å². The topological polar surface area (TPSA) is 52.6 Å². The Morgan fingerprint density at radius 1 is 1.10 bits per heavy atom. The van der Waals surface area contributed by atoms with Crippen LogP contribution in [0.15, 0.2) is 0 Å². The SMILES string of the molecule is CC(C)CN(CCC(C)(NC(C)C)C(=O)O)CC(C)C. The van der Waals surface area contributed by atoms with Gasteiger partial charge in [0.15, 0.2) is 0 Å². The van der Waals surface area contributed by atoms with Gasteiger partial charge in [-0.2, -0.15) is 0 Å². The van der Waals surface area contributed by atoms with Crippen molar-refractivity contribution >= 4 is 5.97 Å². The van der Waals surface area contributed by atoms with Crippen LogP contribution in [0.2, 0.25) is 0 Å². The van der Waals surface area contributed by atoms with E-state index in [0.717, 1.165) is 19.6 Å². The van der Waals surface area contributed by atoms with Crippen molar-refractivity contribution in [1.82, 2.24) is 10.2 Å². The first-order valence-corrected chi connectivity index (χ1v) is 7.80. The monoisotopic (exact) mass is 286 g/mol. The van der Waals surface area contributed by atoms with Crippen LogP contribution in [0.1, 0.15) is 54.9 Å². The summed E-state index contributed by atoms with van der Waals surface area (Å²) in [5.74, 6) is 0.436. The molecule has 120 valence electrons. The van der Waals surface area contributed by atoms with Crippen molar-refractivity contribution in [2.24, 2.45) is 11.8 Å². The second kappa shape index (κ2) is 8.63. The first-order chi connectivity index (χ1) is 9.06. The van der Waals surface area contributed by atoms with Crippen molar-refractivity contribution < 1.29 is 9.90 Å². The van der Waals surface area contributed by atoms with Gasteiger partial charge in [-0.3, -0.25) is 10.1 Å². The van der Waals surface area contributed by atoms with Crippen LogP contribution >= 0.6 is 0 Å². The van der Waals surface area contributed by atoms with Gasteiger partial charge in [-0.25, -0.2) is 0 Å². The van der Waals surface area contributed by atoms with Gasteiger partial charge in [0.25, 0.3) is 0 Å². The molecule has 0 saturated heterocycles. The fraction of sp³-hybridized carbons (Fsp3) is 0.938. The summed E-state index contributed by atoms with van der Waals surface area (Å²) in [4.78, 5) is 13.9. The van der Waals surface area contributed by atoms with Gasteiger partial charge in [0.2, 0.25) is 0 Å². The van der Waals surface area contributed by atoms with E-state index in [0.29, 0.717) is 18.3 Å². The molecule has 0 aliphatic heterocycles. The predicted octanol–water partition coefficient (Wildman–Crippen LogP) is 2.83. The molecule has 20 heavy (non-hydrogen) atoms. The Kier molecular flexibility index (Phi) is 8.36. The molecule has 0 aromatic heterocycles. The molecule has 0 rings (SSSR count). The molecule has 0 aromatic rings. The van der Waals surface area contributed by atoms with Gasteiger partial charge < -0.3 is 10.0 Å². The zero-order valence-corrected chi connectivity index (χ0v) is 14.4. The minimum absolute atomic E-state index is 0.166. The highest BCUT2D eigenvalue weighted by atomic mass is 16.4. The van der Waals surface area contributed by atoms with Crippen LogP contribution in [0.3, 0.4) is 0 Å². The summed E-state index contributed by atoms with van der Waals surface area (Å²) < 4.78 is 0. The van der Waals surface area contributed by atoms with Crippen LogP contribution in [0.5, 0.6) is 0 Å². The van der Waals surface area contributed by atoms with E-state index in [-0.39, 0.29) is 6.04 Å². The van der Waals surface area contributed by atoms with Crippen LogP contribution in [0.4, 0.5) is 0 Å². The fourth-order valence-electron chi connectivity index (χ4n) is 2.55. The van der Waals surface area contributed by atoms with Gasteiger partial charge in [-0.15, -0.1) is 0 Å². The van der Waals surface area contributed by atoms with Crippen LogP contribution in [0.25, 0.3) is 0 Å². The molecule has 0 bridgehead atoms. The molecule has 0 saturated carbocycles. The van der Waals surface area contributed by atoms with E-state index >= 15 is 0 Å². The van der Waals surface area contributed by atoms with Crippen LogP contribution in [-0.4, -0.2) is 47.2 Å². The Labute approximate surface area is 124 Å². The maximum Gasteiger partial charge on any atom is 0.323 e. The standard InChI is InChI=1S/C16H34N2O2/c1-12(2)10-18(11-13(3)4)9-8-16(7,15(19)20)17-14(5)6/h12-14,17H,8-11H2,1-7H3,(H,19,20). The molecular weight excluding hydrogens is 252 g/mol. The van der Waals surface area contributed by atoms with Crippen molar-refractivity contribution in [3.05, 3.63) is 0 Å². The van der Waals surface area contributed by atoms with E-state index in [4.69, 9.17) is 0 Å². The maximum atomic E-state index is 11.5. The highest BCUT2D eigenvalue weighted by Gasteiger charge is 2.33. The number of nitrogens with zero attached hydrogens (tertiary/aromatic N) is 1. The molecule has 2 N–H and O–H groups in total. The van der Waals surface area contributed by atoms with Crippen molar-refractivity contribution in [2.45, 2.75) is 66.5 Å². The number of aliphatic carboxylic acids is 1. The molecular formula is C16H34N2O2. The van der Waals surface area contributed by atoms with E-state index < -0.39 is 11.5 Å². The second-order valence-corrected chi connectivity index (χ2v) is 7.23. The Balaban J connectivity index is 4.64. The first kappa shape index (κ1) is 19.4. The summed E-state index contributed by atoms with van der Waals surface area (Å²) >= 11 is 0. The molecule has 0 radical (unpaired) electrons. The van der Waals surface area contributed by atoms with E-state index in [1.165, 1.54) is 0 Å². The summed E-state index contributed by atoms with van der Waals surface area (Å²) in [5, 5.41) is 12.7. The average molecular weight is 286 g/mol. The molecule has 1 unspecified atom stereocenters. The van der Waals surface area contributed by atoms with Gasteiger partial charge in [0.05, 0.1) is 0 Å². The number of nitrogens with one attached hydrogen (secondary N) is 1. The van der Waals surface area contributed by atoms with E-state index in [2.05, 4.69) is 37.9 Å². The Morgan fingerprint density at radius 2 is 1.55 bits per heavy atom. The highest BCUT2D eigenvalue weighted by molar-refractivity contribution is 5.78. The molecule has 0 fully saturated rings. The summed E-state index contributed by atoms with van der Waals surface area (Å²) in [6.45, 7) is 17.4. The lowest BCUT2D eigenvalue weighted by atomic mass is 9.96. The number of rotatable bonds is 10. The predicted molar refractivity (Wildman–Crippen MR) is 85.0 cm³/mol. The molecule has 0 aliphatic rings. The summed E-state index contributed by atoms with van der Waals surface area (Å²) in [6, 6.07) is 0.166. The number of hydrogen-bond donors (Lipinski definition) is 2. The van der Waals surface area contributed by atoms with Gasteiger partial charge >= 0.3 is 5.97 Å². The lowest BCUT2D eigenvalue weighted by molar-refractivity contribution is -0.145. The number of carboxylic acids is 1. The molecule has 0 aliphatic carbocycles. The van der Waals surface area contributed by atoms with Crippen molar-refractivity contribution in [3.63, 3.8) is 0 Å². The Bertz CT molecular complexity index is 280. The van der Waals surface area contributed by atoms with Gasteiger partial charge in [0.1, 0.15) is 5.54 Å². The fourth-order valence-corrected chi connectivity index (χ4v) is 2.55. The Hall–Kier alpha value is -0.610. The minimum atomic E-state index is -0.847. The summed E-state index contributed by atoms with van der Waals surface area (Å²) in [7, 11) is 0. The summed E-state index contributed by atoms with van der Waals surface area (Å²) in [6.07, 6.45) is 0.625. The number of carboxylic acid groups (broad SMARTS) is 1. The second-order valence-electron chi connectivity index (χ2n) is 7.23. The zero-order valence-electron chi connectivity index (χ0n) is 14.4. The van der Waals surface area contributed by atoms with Crippen molar-refractivity contribution in [3.8, 4) is 0 Å². The lowest BCUT2D eigenvalue weighted by Crippen LogP contribution is -2.54. The molecule has 0 heterocycles. The Morgan fingerprint density at radius 3 is 1.85 bits per heavy atom. The number of hydrogen-bond acceptors (Lipinski definition) is 3. The van der Waals surface area contributed by atoms with E-state index in [9.17, 15) is 9.90 Å². The van der Waals surface area contributed by atoms with Gasteiger partial charge in [-0.1, -0.05) is 27.7 Å². The minimum Gasteiger partial charge on any atom is -0.480 e. The van der Waals surface area contributed by atoms with Gasteiger partial charge in [0, 0.05) is 25.7 Å². The third-order valence-electron chi connectivity index (χ3n) is 3.25. The highest BCUT2D eigenvalue weighted by Crippen LogP contribution is 2.14. The molecule has 1 atom stereocenters. The molecule has 0 aromatic carbocycles. The van der Waals surface area contributed by atoms with Crippen molar-refractivity contribution in [2.75, 3.05) is 19.6 Å². The largest absolute Gasteiger partial charge is 0.480 e. The van der Waals surface area contributed by atoms with Crippen LogP contribution < -0.4 is 5.32 Å². The molecule has 0 amide bonds. The zero-order chi connectivity index (χ0) is 15.9. The number of carbonyl (C=O) groups is 1. The molecule has 4 heteroatoms. The smallest absolute Gasteiger partial charge is 0.323 e. The van der Waals surface area contributed by atoms with Crippen molar-refractivity contribution in [1.29, 1.82) is 0 Å². The van der Waals surface area contributed by atoms with Crippen LogP contribution in [0, 0.1) is 11.8 Å². The summed E-state index contributed by atoms with van der Waals surface area (Å²) in [5.41, 5.74) is -0.847.